The standard InChI is InChI=1S/C17H22N2O5S/c1-24-14-10-9-13(19-16(20)7-4-8-17(19)21)11-15(14)25(22,23)18-12-5-2-3-6-12/h9-12,18H,2-8H2,1H3. The predicted octanol–water partition coefficient (Wildman–Crippen LogP) is 1.96. The molecule has 0 radical (unpaired) electrons. The summed E-state index contributed by atoms with van der Waals surface area (Å²) in [6, 6.07) is 4.27. The normalized spacial score (nSPS) is 19.5. The molecule has 2 amide bonds. The summed E-state index contributed by atoms with van der Waals surface area (Å²) in [5.41, 5.74) is 0.266. The van der Waals surface area contributed by atoms with Gasteiger partial charge in [0.25, 0.3) is 0 Å². The van der Waals surface area contributed by atoms with Crippen molar-refractivity contribution in [1.29, 1.82) is 0 Å². The number of methoxy groups -OCH3 is 1. The third-order valence-corrected chi connectivity index (χ3v) is 6.19. The highest BCUT2D eigenvalue weighted by molar-refractivity contribution is 7.89. The van der Waals surface area contributed by atoms with Crippen molar-refractivity contribution in [2.45, 2.75) is 55.9 Å². The molecule has 1 aliphatic heterocycles. The van der Waals surface area contributed by atoms with Crippen LogP contribution in [-0.2, 0) is 19.6 Å². The van der Waals surface area contributed by atoms with Crippen LogP contribution in [0.15, 0.2) is 23.1 Å². The molecule has 1 heterocycles. The lowest BCUT2D eigenvalue weighted by Gasteiger charge is -2.25. The Morgan fingerprint density at radius 1 is 1.08 bits per heavy atom. The lowest BCUT2D eigenvalue weighted by molar-refractivity contribution is -0.129. The lowest BCUT2D eigenvalue weighted by Crippen LogP contribution is -2.40. The van der Waals surface area contributed by atoms with Crippen LogP contribution in [0.25, 0.3) is 0 Å². The number of hydrogen-bond donors (Lipinski definition) is 1. The Kier molecular flexibility index (Phi) is 5.10. The number of anilines is 1. The van der Waals surface area contributed by atoms with Crippen LogP contribution >= 0.6 is 0 Å². The molecule has 0 spiro atoms. The second-order valence-corrected chi connectivity index (χ2v) is 8.10. The topological polar surface area (TPSA) is 92.8 Å². The van der Waals surface area contributed by atoms with E-state index >= 15 is 0 Å². The molecule has 1 aromatic carbocycles. The molecular formula is C17H22N2O5S. The third-order valence-electron chi connectivity index (χ3n) is 4.65. The molecule has 0 unspecified atom stereocenters. The van der Waals surface area contributed by atoms with Crippen molar-refractivity contribution in [2.24, 2.45) is 0 Å². The number of rotatable bonds is 5. The summed E-state index contributed by atoms with van der Waals surface area (Å²) < 4.78 is 33.5. The fraction of sp³-hybridized carbons (Fsp3) is 0.529. The zero-order chi connectivity index (χ0) is 18.0. The molecule has 1 aromatic rings. The van der Waals surface area contributed by atoms with Gasteiger partial charge < -0.3 is 4.74 Å². The van der Waals surface area contributed by atoms with E-state index in [9.17, 15) is 18.0 Å². The summed E-state index contributed by atoms with van der Waals surface area (Å²) in [6.45, 7) is 0. The van der Waals surface area contributed by atoms with Crippen LogP contribution in [0, 0.1) is 0 Å². The molecule has 2 aliphatic rings. The van der Waals surface area contributed by atoms with Crippen molar-refractivity contribution < 1.29 is 22.7 Å². The van der Waals surface area contributed by atoms with Gasteiger partial charge in [0.15, 0.2) is 0 Å². The maximum atomic E-state index is 12.8. The van der Waals surface area contributed by atoms with Gasteiger partial charge in [-0.3, -0.25) is 14.5 Å². The number of carbonyl (C=O) groups excluding carboxylic acids is 2. The third kappa shape index (κ3) is 3.69. The van der Waals surface area contributed by atoms with Gasteiger partial charge >= 0.3 is 0 Å². The molecule has 0 bridgehead atoms. The molecule has 1 saturated heterocycles. The number of carbonyl (C=O) groups is 2. The lowest BCUT2D eigenvalue weighted by atomic mass is 10.1. The second-order valence-electron chi connectivity index (χ2n) is 6.41. The van der Waals surface area contributed by atoms with Crippen molar-refractivity contribution in [3.05, 3.63) is 18.2 Å². The van der Waals surface area contributed by atoms with Crippen LogP contribution in [0.4, 0.5) is 5.69 Å². The van der Waals surface area contributed by atoms with Crippen LogP contribution in [0.3, 0.4) is 0 Å². The van der Waals surface area contributed by atoms with Gasteiger partial charge in [0.1, 0.15) is 10.6 Å². The molecule has 1 saturated carbocycles. The maximum Gasteiger partial charge on any atom is 0.244 e. The summed E-state index contributed by atoms with van der Waals surface area (Å²) >= 11 is 0. The SMILES string of the molecule is COc1ccc(N2C(=O)CCCC2=O)cc1S(=O)(=O)NC1CCCC1. The Morgan fingerprint density at radius 3 is 2.32 bits per heavy atom. The van der Waals surface area contributed by atoms with E-state index in [2.05, 4.69) is 4.72 Å². The summed E-state index contributed by atoms with van der Waals surface area (Å²) in [5, 5.41) is 0. The van der Waals surface area contributed by atoms with E-state index in [4.69, 9.17) is 4.74 Å². The number of nitrogens with zero attached hydrogens (tertiary/aromatic N) is 1. The zero-order valence-corrected chi connectivity index (χ0v) is 15.0. The summed E-state index contributed by atoms with van der Waals surface area (Å²) in [7, 11) is -2.42. The molecule has 7 nitrogen and oxygen atoms in total. The molecule has 1 N–H and O–H groups in total. The Bertz CT molecular complexity index is 768. The second kappa shape index (κ2) is 7.13. The van der Waals surface area contributed by atoms with Gasteiger partial charge in [-0.05, 0) is 37.5 Å². The molecule has 25 heavy (non-hydrogen) atoms. The number of ether oxygens (including phenoxy) is 1. The fourth-order valence-electron chi connectivity index (χ4n) is 3.38. The van der Waals surface area contributed by atoms with Gasteiger partial charge in [0.2, 0.25) is 21.8 Å². The van der Waals surface area contributed by atoms with Crippen molar-refractivity contribution in [3.63, 3.8) is 0 Å². The van der Waals surface area contributed by atoms with Crippen LogP contribution in [0.5, 0.6) is 5.75 Å². The highest BCUT2D eigenvalue weighted by atomic mass is 32.2. The molecule has 2 fully saturated rings. The average Bonchev–Trinajstić information content (AvgIpc) is 3.07. The maximum absolute atomic E-state index is 12.8. The number of sulfonamides is 1. The predicted molar refractivity (Wildman–Crippen MR) is 91.9 cm³/mol. The van der Waals surface area contributed by atoms with Crippen LogP contribution in [0.2, 0.25) is 0 Å². The van der Waals surface area contributed by atoms with Crippen LogP contribution in [0.1, 0.15) is 44.9 Å². The van der Waals surface area contributed by atoms with Crippen molar-refractivity contribution in [1.82, 2.24) is 4.72 Å². The molecule has 3 rings (SSSR count). The highest BCUT2D eigenvalue weighted by Gasteiger charge is 2.31. The van der Waals surface area contributed by atoms with Gasteiger partial charge in [-0.1, -0.05) is 12.8 Å². The minimum Gasteiger partial charge on any atom is -0.495 e. The Balaban J connectivity index is 1.97. The van der Waals surface area contributed by atoms with E-state index in [-0.39, 0.29) is 47.0 Å². The molecule has 0 atom stereocenters. The van der Waals surface area contributed by atoms with Gasteiger partial charge in [-0.25, -0.2) is 13.1 Å². The van der Waals surface area contributed by atoms with Crippen molar-refractivity contribution in [3.8, 4) is 5.75 Å². The molecule has 8 heteroatoms. The first-order valence-electron chi connectivity index (χ1n) is 8.48. The Labute approximate surface area is 147 Å². The number of imide groups is 1. The number of amides is 2. The Hall–Kier alpha value is -1.93. The fourth-order valence-corrected chi connectivity index (χ4v) is 4.88. The minimum atomic E-state index is -3.81. The van der Waals surface area contributed by atoms with E-state index < -0.39 is 10.0 Å². The monoisotopic (exact) mass is 366 g/mol. The first kappa shape index (κ1) is 17.9. The molecule has 0 aromatic heterocycles. The number of hydrogen-bond acceptors (Lipinski definition) is 5. The molecule has 136 valence electrons. The molecular weight excluding hydrogens is 344 g/mol. The number of piperidine rings is 1. The van der Waals surface area contributed by atoms with E-state index in [0.29, 0.717) is 6.42 Å². The van der Waals surface area contributed by atoms with E-state index in [0.717, 1.165) is 30.6 Å². The first-order chi connectivity index (χ1) is 11.9. The van der Waals surface area contributed by atoms with E-state index in [1.807, 2.05) is 0 Å². The number of nitrogens with one attached hydrogen (secondary N) is 1. The van der Waals surface area contributed by atoms with E-state index in [1.165, 1.54) is 25.3 Å². The van der Waals surface area contributed by atoms with Crippen LogP contribution < -0.4 is 14.4 Å². The zero-order valence-electron chi connectivity index (χ0n) is 14.2. The van der Waals surface area contributed by atoms with Gasteiger partial charge in [0.05, 0.1) is 12.8 Å². The Morgan fingerprint density at radius 2 is 1.72 bits per heavy atom. The van der Waals surface area contributed by atoms with Gasteiger partial charge in [-0.15, -0.1) is 0 Å². The summed E-state index contributed by atoms with van der Waals surface area (Å²) in [4.78, 5) is 25.2. The minimum absolute atomic E-state index is 0.0504. The summed E-state index contributed by atoms with van der Waals surface area (Å²) in [6.07, 6.45) is 4.70. The first-order valence-corrected chi connectivity index (χ1v) is 9.97. The average molecular weight is 366 g/mol. The van der Waals surface area contributed by atoms with E-state index in [1.54, 1.807) is 0 Å². The van der Waals surface area contributed by atoms with Gasteiger partial charge in [0, 0.05) is 18.9 Å². The number of benzene rings is 1. The summed E-state index contributed by atoms with van der Waals surface area (Å²) in [5.74, 6) is -0.437. The highest BCUT2D eigenvalue weighted by Crippen LogP contribution is 2.32. The smallest absolute Gasteiger partial charge is 0.244 e. The largest absolute Gasteiger partial charge is 0.495 e. The van der Waals surface area contributed by atoms with Crippen molar-refractivity contribution in [2.75, 3.05) is 12.0 Å². The van der Waals surface area contributed by atoms with Crippen molar-refractivity contribution >= 4 is 27.5 Å². The quantitative estimate of drug-likeness (QED) is 0.804. The van der Waals surface area contributed by atoms with Gasteiger partial charge in [-0.2, -0.15) is 0 Å². The van der Waals surface area contributed by atoms with Crippen LogP contribution in [-0.4, -0.2) is 33.4 Å². The molecule has 1 aliphatic carbocycles.